The Balaban J connectivity index is 1.48. The molecule has 1 aromatic rings. The van der Waals surface area contributed by atoms with Crippen LogP contribution < -0.4 is 16.4 Å². The first-order valence-electron chi connectivity index (χ1n) is 9.75. The van der Waals surface area contributed by atoms with Crippen LogP contribution in [0.25, 0.3) is 0 Å². The Morgan fingerprint density at radius 1 is 1.27 bits per heavy atom. The van der Waals surface area contributed by atoms with E-state index in [1.807, 2.05) is 0 Å². The molecule has 1 saturated heterocycles. The molecule has 0 spiro atoms. The summed E-state index contributed by atoms with van der Waals surface area (Å²) >= 11 is 0. The summed E-state index contributed by atoms with van der Waals surface area (Å²) < 4.78 is 5.40. The van der Waals surface area contributed by atoms with Crippen LogP contribution in [0.5, 0.6) is 0 Å². The lowest BCUT2D eigenvalue weighted by molar-refractivity contribution is 0.0972. The molecule has 4 N–H and O–H groups in total. The van der Waals surface area contributed by atoms with E-state index in [4.69, 9.17) is 10.2 Å². The smallest absolute Gasteiger partial charge is 0.284 e. The van der Waals surface area contributed by atoms with Gasteiger partial charge in [0.1, 0.15) is 5.76 Å². The number of furan rings is 1. The number of aliphatic imine (C=N–C) groups is 1. The van der Waals surface area contributed by atoms with E-state index >= 15 is 0 Å². The molecule has 2 heterocycles. The highest BCUT2D eigenvalue weighted by Gasteiger charge is 2.27. The summed E-state index contributed by atoms with van der Waals surface area (Å²) in [4.78, 5) is 18.1. The van der Waals surface area contributed by atoms with E-state index < -0.39 is 5.91 Å². The number of nitrogens with two attached hydrogens (primary N) is 1. The summed E-state index contributed by atoms with van der Waals surface area (Å²) in [5.41, 5.74) is 5.21. The summed E-state index contributed by atoms with van der Waals surface area (Å²) in [5.74, 6) is 1.05. The SMILES string of the molecule is CN=C(NCc1ccc(C(N)=O)o1)NC1CCCN(C2CCCCC2)C1. The van der Waals surface area contributed by atoms with Crippen molar-refractivity contribution in [1.29, 1.82) is 0 Å². The molecule has 0 aromatic carbocycles. The molecule has 1 aliphatic heterocycles. The molecule has 0 radical (unpaired) electrons. The third-order valence-corrected chi connectivity index (χ3v) is 5.44. The van der Waals surface area contributed by atoms with E-state index in [1.54, 1.807) is 19.2 Å². The Hall–Kier alpha value is -2.02. The van der Waals surface area contributed by atoms with E-state index in [2.05, 4.69) is 20.5 Å². The Labute approximate surface area is 155 Å². The van der Waals surface area contributed by atoms with Gasteiger partial charge in [0.05, 0.1) is 6.54 Å². The number of nitrogens with one attached hydrogen (secondary N) is 2. The van der Waals surface area contributed by atoms with Crippen LogP contribution in [0.15, 0.2) is 21.5 Å². The monoisotopic (exact) mass is 361 g/mol. The van der Waals surface area contributed by atoms with Crippen molar-refractivity contribution >= 4 is 11.9 Å². The van der Waals surface area contributed by atoms with Crippen molar-refractivity contribution in [3.05, 3.63) is 23.7 Å². The second-order valence-electron chi connectivity index (χ2n) is 7.33. The predicted molar refractivity (Wildman–Crippen MR) is 102 cm³/mol. The van der Waals surface area contributed by atoms with Gasteiger partial charge in [0.15, 0.2) is 11.7 Å². The van der Waals surface area contributed by atoms with Crippen molar-refractivity contribution in [3.63, 3.8) is 0 Å². The van der Waals surface area contributed by atoms with E-state index in [1.165, 1.54) is 45.1 Å². The van der Waals surface area contributed by atoms with Crippen molar-refractivity contribution in [3.8, 4) is 0 Å². The number of amides is 1. The molecule has 2 aliphatic rings. The summed E-state index contributed by atoms with van der Waals surface area (Å²) in [6.45, 7) is 2.77. The van der Waals surface area contributed by atoms with E-state index in [0.29, 0.717) is 18.3 Å². The zero-order valence-electron chi connectivity index (χ0n) is 15.7. The molecular formula is C19H31N5O2. The van der Waals surface area contributed by atoms with Crippen molar-refractivity contribution in [2.24, 2.45) is 10.7 Å². The number of primary amides is 1. The average molecular weight is 361 g/mol. The fraction of sp³-hybridized carbons (Fsp3) is 0.684. The molecule has 1 atom stereocenters. The number of guanidine groups is 1. The number of hydrogen-bond donors (Lipinski definition) is 3. The Morgan fingerprint density at radius 3 is 2.77 bits per heavy atom. The number of carbonyl (C=O) groups excluding carboxylic acids is 1. The first-order valence-corrected chi connectivity index (χ1v) is 9.75. The van der Waals surface area contributed by atoms with Gasteiger partial charge in [-0.1, -0.05) is 19.3 Å². The fourth-order valence-electron chi connectivity index (χ4n) is 4.07. The summed E-state index contributed by atoms with van der Waals surface area (Å²) in [5, 5.41) is 6.79. The van der Waals surface area contributed by atoms with Crippen LogP contribution in [0.2, 0.25) is 0 Å². The van der Waals surface area contributed by atoms with Gasteiger partial charge in [0, 0.05) is 25.7 Å². The molecular weight excluding hydrogens is 330 g/mol. The summed E-state index contributed by atoms with van der Waals surface area (Å²) in [7, 11) is 1.77. The van der Waals surface area contributed by atoms with Gasteiger partial charge in [0.25, 0.3) is 5.91 Å². The Kier molecular flexibility index (Phi) is 6.55. The highest BCUT2D eigenvalue weighted by atomic mass is 16.3. The molecule has 26 heavy (non-hydrogen) atoms. The molecule has 0 bridgehead atoms. The maximum absolute atomic E-state index is 11.1. The van der Waals surface area contributed by atoms with Gasteiger partial charge in [0.2, 0.25) is 0 Å². The minimum Gasteiger partial charge on any atom is -0.454 e. The lowest BCUT2D eigenvalue weighted by Gasteiger charge is -2.40. The third-order valence-electron chi connectivity index (χ3n) is 5.44. The van der Waals surface area contributed by atoms with E-state index in [9.17, 15) is 4.79 Å². The number of nitrogens with zero attached hydrogens (tertiary/aromatic N) is 2. The number of hydrogen-bond acceptors (Lipinski definition) is 4. The molecule has 7 heteroatoms. The number of piperidine rings is 1. The number of carbonyl (C=O) groups is 1. The zero-order chi connectivity index (χ0) is 18.4. The Bertz CT molecular complexity index is 621. The highest BCUT2D eigenvalue weighted by Crippen LogP contribution is 2.25. The molecule has 1 saturated carbocycles. The van der Waals surface area contributed by atoms with Crippen LogP contribution in [0, 0.1) is 0 Å². The summed E-state index contributed by atoms with van der Waals surface area (Å²) in [6, 6.07) is 4.53. The predicted octanol–water partition coefficient (Wildman–Crippen LogP) is 1.84. The lowest BCUT2D eigenvalue weighted by atomic mass is 9.92. The van der Waals surface area contributed by atoms with Gasteiger partial charge in [-0.25, -0.2) is 0 Å². The second kappa shape index (κ2) is 9.07. The van der Waals surface area contributed by atoms with Gasteiger partial charge < -0.3 is 20.8 Å². The molecule has 1 unspecified atom stereocenters. The van der Waals surface area contributed by atoms with Gasteiger partial charge in [-0.2, -0.15) is 0 Å². The maximum atomic E-state index is 11.1. The zero-order valence-corrected chi connectivity index (χ0v) is 15.7. The van der Waals surface area contributed by atoms with Gasteiger partial charge in [-0.3, -0.25) is 14.7 Å². The first kappa shape index (κ1) is 18.8. The van der Waals surface area contributed by atoms with E-state index in [-0.39, 0.29) is 5.76 Å². The normalized spacial score (nSPS) is 23.0. The molecule has 7 nitrogen and oxygen atoms in total. The van der Waals surface area contributed by atoms with E-state index in [0.717, 1.165) is 25.0 Å². The van der Waals surface area contributed by atoms with Gasteiger partial charge in [-0.15, -0.1) is 0 Å². The molecule has 3 rings (SSSR count). The van der Waals surface area contributed by atoms with Crippen LogP contribution in [0.3, 0.4) is 0 Å². The average Bonchev–Trinajstić information content (AvgIpc) is 3.15. The quantitative estimate of drug-likeness (QED) is 0.549. The third kappa shape index (κ3) is 5.00. The van der Waals surface area contributed by atoms with Crippen LogP contribution in [0.4, 0.5) is 0 Å². The van der Waals surface area contributed by atoms with Crippen molar-refractivity contribution in [1.82, 2.24) is 15.5 Å². The molecule has 1 aromatic heterocycles. The standard InChI is InChI=1S/C19H31N5O2/c1-21-19(22-12-16-9-10-17(26-16)18(20)25)23-14-6-5-11-24(13-14)15-7-3-2-4-8-15/h9-10,14-15H,2-8,11-13H2,1H3,(H2,20,25)(H2,21,22,23). The van der Waals surface area contributed by atoms with Crippen LogP contribution in [-0.2, 0) is 6.54 Å². The Morgan fingerprint density at radius 2 is 2.08 bits per heavy atom. The largest absolute Gasteiger partial charge is 0.454 e. The van der Waals surface area contributed by atoms with Crippen molar-refractivity contribution in [2.45, 2.75) is 63.6 Å². The number of likely N-dealkylation sites (tertiary alicyclic amines) is 1. The minimum absolute atomic E-state index is 0.181. The van der Waals surface area contributed by atoms with Gasteiger partial charge in [-0.05, 0) is 44.4 Å². The molecule has 2 fully saturated rings. The van der Waals surface area contributed by atoms with Crippen LogP contribution in [0.1, 0.15) is 61.3 Å². The number of rotatable bonds is 5. The maximum Gasteiger partial charge on any atom is 0.284 e. The summed E-state index contributed by atoms with van der Waals surface area (Å²) in [6.07, 6.45) is 9.23. The second-order valence-corrected chi connectivity index (χ2v) is 7.33. The van der Waals surface area contributed by atoms with Crippen LogP contribution >= 0.6 is 0 Å². The first-order chi connectivity index (χ1) is 12.7. The lowest BCUT2D eigenvalue weighted by Crippen LogP contribution is -2.53. The van der Waals surface area contributed by atoms with Crippen LogP contribution in [-0.4, -0.2) is 49.0 Å². The van der Waals surface area contributed by atoms with Crippen molar-refractivity contribution < 1.29 is 9.21 Å². The highest BCUT2D eigenvalue weighted by molar-refractivity contribution is 5.89. The fourth-order valence-corrected chi connectivity index (χ4v) is 4.07. The minimum atomic E-state index is -0.552. The molecule has 144 valence electrons. The molecule has 1 amide bonds. The van der Waals surface area contributed by atoms with Gasteiger partial charge >= 0.3 is 0 Å². The van der Waals surface area contributed by atoms with Crippen molar-refractivity contribution in [2.75, 3.05) is 20.1 Å². The topological polar surface area (TPSA) is 95.9 Å². The molecule has 1 aliphatic carbocycles.